The molecule has 4 rings (SSSR count). The predicted octanol–water partition coefficient (Wildman–Crippen LogP) is 4.95. The highest BCUT2D eigenvalue weighted by Crippen LogP contribution is 2.30. The van der Waals surface area contributed by atoms with Crippen molar-refractivity contribution in [2.75, 3.05) is 18.2 Å². The third kappa shape index (κ3) is 5.86. The van der Waals surface area contributed by atoms with E-state index in [1.54, 1.807) is 7.11 Å². The van der Waals surface area contributed by atoms with Gasteiger partial charge < -0.3 is 14.6 Å². The molecule has 1 amide bonds. The molecule has 7 nitrogen and oxygen atoms in total. The van der Waals surface area contributed by atoms with Gasteiger partial charge in [0.05, 0.1) is 18.4 Å². The summed E-state index contributed by atoms with van der Waals surface area (Å²) in [6.45, 7) is 0. The monoisotopic (exact) mass is 501 g/mol. The van der Waals surface area contributed by atoms with Gasteiger partial charge in [0.1, 0.15) is 11.6 Å². The van der Waals surface area contributed by atoms with Gasteiger partial charge in [-0.2, -0.15) is 13.2 Å². The Kier molecular flexibility index (Phi) is 7.15. The fourth-order valence-electron chi connectivity index (χ4n) is 3.41. The van der Waals surface area contributed by atoms with Crippen LogP contribution in [0.1, 0.15) is 17.1 Å². The first kappa shape index (κ1) is 24.4. The molecule has 0 fully saturated rings. The zero-order valence-electron chi connectivity index (χ0n) is 18.9. The van der Waals surface area contributed by atoms with Crippen LogP contribution in [-0.4, -0.2) is 38.1 Å². The number of rotatable bonds is 8. The van der Waals surface area contributed by atoms with Gasteiger partial charge in [0.2, 0.25) is 5.91 Å². The Morgan fingerprint density at radius 3 is 2.37 bits per heavy atom. The first-order valence-corrected chi connectivity index (χ1v) is 11.5. The lowest BCUT2D eigenvalue weighted by atomic mass is 10.2. The van der Waals surface area contributed by atoms with E-state index in [1.807, 2.05) is 58.8 Å². The van der Waals surface area contributed by atoms with E-state index in [0.29, 0.717) is 23.2 Å². The first-order chi connectivity index (χ1) is 16.7. The van der Waals surface area contributed by atoms with Gasteiger partial charge in [-0.1, -0.05) is 11.8 Å². The Bertz CT molecular complexity index is 1300. The lowest BCUT2D eigenvalue weighted by Crippen LogP contribution is -2.15. The Balaban J connectivity index is 1.51. The summed E-state index contributed by atoms with van der Waals surface area (Å²) in [6.07, 6.45) is -1.95. The van der Waals surface area contributed by atoms with Crippen LogP contribution in [0.5, 0.6) is 5.75 Å². The van der Waals surface area contributed by atoms with Crippen molar-refractivity contribution < 1.29 is 22.7 Å². The largest absolute Gasteiger partial charge is 0.497 e. The van der Waals surface area contributed by atoms with E-state index < -0.39 is 11.7 Å². The minimum atomic E-state index is -4.43. The molecule has 2 aromatic heterocycles. The molecule has 0 saturated heterocycles. The molecule has 11 heteroatoms. The van der Waals surface area contributed by atoms with Crippen molar-refractivity contribution in [2.24, 2.45) is 7.05 Å². The Morgan fingerprint density at radius 2 is 1.77 bits per heavy atom. The lowest BCUT2D eigenvalue weighted by molar-refractivity contribution is -0.137. The first-order valence-electron chi connectivity index (χ1n) is 10.5. The number of aryl methyl sites for hydroxylation is 1. The summed E-state index contributed by atoms with van der Waals surface area (Å²) in [5.74, 6) is 1.03. The number of carbonyl (C=O) groups excluding carboxylic acids is 1. The molecule has 0 unspecified atom stereocenters. The van der Waals surface area contributed by atoms with Crippen LogP contribution in [0, 0.1) is 0 Å². The van der Waals surface area contributed by atoms with E-state index in [4.69, 9.17) is 4.74 Å². The topological polar surface area (TPSA) is 74.0 Å². The summed E-state index contributed by atoms with van der Waals surface area (Å²) in [5.41, 5.74) is 1.36. The number of anilines is 1. The highest BCUT2D eigenvalue weighted by Gasteiger charge is 2.30. The van der Waals surface area contributed by atoms with Crippen LogP contribution in [-0.2, 0) is 24.4 Å². The molecule has 0 aliphatic carbocycles. The molecule has 182 valence electrons. The van der Waals surface area contributed by atoms with Gasteiger partial charge in [-0.15, -0.1) is 10.2 Å². The standard InChI is InChI=1S/C24H22F3N5O2S/c1-31-13-3-4-19(31)14-21-29-30-23(32(21)18-9-11-20(34-2)12-10-18)35-15-22(33)28-17-7-5-16(6-8-17)24(25,26)27/h3-13H,14-15H2,1-2H3,(H,28,33). The summed E-state index contributed by atoms with van der Waals surface area (Å²) in [7, 11) is 3.54. The van der Waals surface area contributed by atoms with E-state index in [2.05, 4.69) is 15.5 Å². The third-order valence-corrected chi connectivity index (χ3v) is 6.18. The van der Waals surface area contributed by atoms with Crippen molar-refractivity contribution in [1.29, 1.82) is 0 Å². The second-order valence-electron chi connectivity index (χ2n) is 7.63. The van der Waals surface area contributed by atoms with E-state index in [-0.39, 0.29) is 17.3 Å². The lowest BCUT2D eigenvalue weighted by Gasteiger charge is -2.12. The molecule has 0 aliphatic heterocycles. The van der Waals surface area contributed by atoms with Gasteiger partial charge in [-0.25, -0.2) is 0 Å². The number of amides is 1. The molecule has 0 bridgehead atoms. The predicted molar refractivity (Wildman–Crippen MR) is 127 cm³/mol. The average Bonchev–Trinajstić information content (AvgIpc) is 3.43. The smallest absolute Gasteiger partial charge is 0.416 e. The van der Waals surface area contributed by atoms with Crippen LogP contribution in [0.15, 0.2) is 72.0 Å². The Morgan fingerprint density at radius 1 is 1.06 bits per heavy atom. The van der Waals surface area contributed by atoms with Crippen LogP contribution >= 0.6 is 11.8 Å². The maximum Gasteiger partial charge on any atom is 0.416 e. The highest BCUT2D eigenvalue weighted by atomic mass is 32.2. The minimum absolute atomic E-state index is 0.000531. The number of carbonyl (C=O) groups is 1. The van der Waals surface area contributed by atoms with E-state index in [0.717, 1.165) is 23.5 Å². The quantitative estimate of drug-likeness (QED) is 0.346. The molecule has 2 aromatic carbocycles. The van der Waals surface area contributed by atoms with Crippen molar-refractivity contribution in [3.8, 4) is 11.4 Å². The van der Waals surface area contributed by atoms with Crippen molar-refractivity contribution in [1.82, 2.24) is 19.3 Å². The Labute approximate surface area is 203 Å². The summed E-state index contributed by atoms with van der Waals surface area (Å²) < 4.78 is 47.3. The molecule has 0 spiro atoms. The van der Waals surface area contributed by atoms with Crippen molar-refractivity contribution in [3.63, 3.8) is 0 Å². The zero-order chi connectivity index (χ0) is 25.0. The number of benzene rings is 2. The molecule has 0 radical (unpaired) electrons. The summed E-state index contributed by atoms with van der Waals surface area (Å²) in [6, 6.07) is 15.7. The van der Waals surface area contributed by atoms with Crippen LogP contribution in [0.2, 0.25) is 0 Å². The van der Waals surface area contributed by atoms with Crippen LogP contribution in [0.25, 0.3) is 5.69 Å². The number of nitrogens with one attached hydrogen (secondary N) is 1. The normalized spacial score (nSPS) is 11.5. The average molecular weight is 502 g/mol. The van der Waals surface area contributed by atoms with Crippen molar-refractivity contribution >= 4 is 23.4 Å². The van der Waals surface area contributed by atoms with Crippen LogP contribution in [0.4, 0.5) is 18.9 Å². The van der Waals surface area contributed by atoms with E-state index in [9.17, 15) is 18.0 Å². The molecule has 4 aromatic rings. The number of aromatic nitrogens is 4. The molecule has 0 atom stereocenters. The van der Waals surface area contributed by atoms with Gasteiger partial charge in [-0.3, -0.25) is 9.36 Å². The molecule has 0 saturated carbocycles. The SMILES string of the molecule is COc1ccc(-n2c(Cc3cccn3C)nnc2SCC(=O)Nc2ccc(C(F)(F)F)cc2)cc1. The fourth-order valence-corrected chi connectivity index (χ4v) is 4.18. The van der Waals surface area contributed by atoms with Crippen LogP contribution < -0.4 is 10.1 Å². The highest BCUT2D eigenvalue weighted by molar-refractivity contribution is 7.99. The van der Waals surface area contributed by atoms with Gasteiger partial charge in [0.15, 0.2) is 5.16 Å². The van der Waals surface area contributed by atoms with E-state index >= 15 is 0 Å². The van der Waals surface area contributed by atoms with Crippen molar-refractivity contribution in [3.05, 3.63) is 83.9 Å². The molecule has 35 heavy (non-hydrogen) atoms. The molecule has 2 heterocycles. The van der Waals surface area contributed by atoms with Crippen LogP contribution in [0.3, 0.4) is 0 Å². The second-order valence-corrected chi connectivity index (χ2v) is 8.57. The number of methoxy groups -OCH3 is 1. The molecular weight excluding hydrogens is 479 g/mol. The van der Waals surface area contributed by atoms with Gasteiger partial charge in [0, 0.05) is 36.7 Å². The maximum atomic E-state index is 12.7. The minimum Gasteiger partial charge on any atom is -0.497 e. The number of alkyl halides is 3. The van der Waals surface area contributed by atoms with Gasteiger partial charge in [-0.05, 0) is 60.7 Å². The third-order valence-electron chi connectivity index (χ3n) is 5.25. The van der Waals surface area contributed by atoms with Crippen molar-refractivity contribution in [2.45, 2.75) is 17.8 Å². The molecular formula is C24H22F3N5O2S. The fraction of sp³-hybridized carbons (Fsp3) is 0.208. The second kappa shape index (κ2) is 10.3. The number of hydrogen-bond acceptors (Lipinski definition) is 5. The molecule has 0 aliphatic rings. The molecule has 1 N–H and O–H groups in total. The number of ether oxygens (including phenoxy) is 1. The zero-order valence-corrected chi connectivity index (χ0v) is 19.7. The summed E-state index contributed by atoms with van der Waals surface area (Å²) >= 11 is 1.18. The summed E-state index contributed by atoms with van der Waals surface area (Å²) in [5, 5.41) is 11.8. The summed E-state index contributed by atoms with van der Waals surface area (Å²) in [4.78, 5) is 12.5. The number of nitrogens with zero attached hydrogens (tertiary/aromatic N) is 4. The maximum absolute atomic E-state index is 12.7. The van der Waals surface area contributed by atoms with Gasteiger partial charge >= 0.3 is 6.18 Å². The number of thioether (sulfide) groups is 1. The number of hydrogen-bond donors (Lipinski definition) is 1. The number of halogens is 3. The Hall–Kier alpha value is -3.73. The van der Waals surface area contributed by atoms with Gasteiger partial charge in [0.25, 0.3) is 0 Å². The van der Waals surface area contributed by atoms with E-state index in [1.165, 1.54) is 23.9 Å².